The number of non-ortho nitro benzene ring substituents is 1. The molecule has 0 aliphatic carbocycles. The Labute approximate surface area is 119 Å². The molecule has 19 heavy (non-hydrogen) atoms. The van der Waals surface area contributed by atoms with Crippen molar-refractivity contribution in [1.82, 2.24) is 4.90 Å². The van der Waals surface area contributed by atoms with E-state index >= 15 is 0 Å². The van der Waals surface area contributed by atoms with Crippen LogP contribution in [-0.2, 0) is 0 Å². The molecule has 0 unspecified atom stereocenters. The number of benzene rings is 1. The molecule has 0 radical (unpaired) electrons. The largest absolute Gasteiger partial charge is 0.395 e. The summed E-state index contributed by atoms with van der Waals surface area (Å²) in [7, 11) is 0. The van der Waals surface area contributed by atoms with Crippen LogP contribution < -0.4 is 0 Å². The monoisotopic (exact) mass is 330 g/mol. The van der Waals surface area contributed by atoms with Gasteiger partial charge in [-0.25, -0.2) is 0 Å². The molecule has 0 aliphatic rings. The maximum atomic E-state index is 12.3. The van der Waals surface area contributed by atoms with E-state index in [0.29, 0.717) is 4.47 Å². The van der Waals surface area contributed by atoms with Crippen LogP contribution in [0.4, 0.5) is 5.69 Å². The molecule has 0 aromatic heterocycles. The van der Waals surface area contributed by atoms with Gasteiger partial charge in [-0.3, -0.25) is 14.9 Å². The lowest BCUT2D eigenvalue weighted by Crippen LogP contribution is -2.39. The summed E-state index contributed by atoms with van der Waals surface area (Å²) in [5, 5.41) is 19.7. The van der Waals surface area contributed by atoms with Crippen molar-refractivity contribution in [3.05, 3.63) is 38.3 Å². The van der Waals surface area contributed by atoms with E-state index in [0.717, 1.165) is 0 Å². The van der Waals surface area contributed by atoms with Gasteiger partial charge in [-0.05, 0) is 19.9 Å². The van der Waals surface area contributed by atoms with Crippen LogP contribution in [0.15, 0.2) is 22.7 Å². The van der Waals surface area contributed by atoms with Gasteiger partial charge >= 0.3 is 0 Å². The van der Waals surface area contributed by atoms with Crippen LogP contribution in [0.2, 0.25) is 0 Å². The highest BCUT2D eigenvalue weighted by atomic mass is 79.9. The summed E-state index contributed by atoms with van der Waals surface area (Å²) < 4.78 is 0.470. The zero-order valence-electron chi connectivity index (χ0n) is 10.7. The molecule has 1 aromatic rings. The van der Waals surface area contributed by atoms with E-state index in [-0.39, 0.29) is 36.4 Å². The smallest absolute Gasteiger partial charge is 0.271 e. The first kappa shape index (κ1) is 15.6. The predicted molar refractivity (Wildman–Crippen MR) is 74.1 cm³/mol. The summed E-state index contributed by atoms with van der Waals surface area (Å²) in [5.74, 6) is -0.339. The topological polar surface area (TPSA) is 83.7 Å². The number of carbonyl (C=O) groups is 1. The number of halogens is 1. The SMILES string of the molecule is CC(C)N(CCO)C(=O)c1cc(Br)cc([N+](=O)[O-])c1. The van der Waals surface area contributed by atoms with Crippen molar-refractivity contribution in [2.75, 3.05) is 13.2 Å². The maximum Gasteiger partial charge on any atom is 0.271 e. The van der Waals surface area contributed by atoms with Crippen molar-refractivity contribution < 1.29 is 14.8 Å². The second-order valence-electron chi connectivity index (χ2n) is 4.27. The normalized spacial score (nSPS) is 10.6. The average molecular weight is 331 g/mol. The Morgan fingerprint density at radius 3 is 2.58 bits per heavy atom. The lowest BCUT2D eigenvalue weighted by Gasteiger charge is -2.26. The fourth-order valence-electron chi connectivity index (χ4n) is 1.67. The molecular formula is C12H15BrN2O4. The molecule has 6 nitrogen and oxygen atoms in total. The molecule has 1 N–H and O–H groups in total. The van der Waals surface area contributed by atoms with E-state index in [1.165, 1.54) is 23.1 Å². The van der Waals surface area contributed by atoms with Crippen LogP contribution in [0.25, 0.3) is 0 Å². The van der Waals surface area contributed by atoms with Gasteiger partial charge in [0.05, 0.1) is 11.5 Å². The summed E-state index contributed by atoms with van der Waals surface area (Å²) in [6.07, 6.45) is 0. The molecule has 0 aliphatic heterocycles. The second kappa shape index (κ2) is 6.63. The number of hydrogen-bond donors (Lipinski definition) is 1. The van der Waals surface area contributed by atoms with Crippen LogP contribution in [-0.4, -0.2) is 40.0 Å². The van der Waals surface area contributed by atoms with E-state index in [4.69, 9.17) is 5.11 Å². The molecular weight excluding hydrogens is 316 g/mol. The first-order chi connectivity index (χ1) is 8.86. The molecule has 7 heteroatoms. The van der Waals surface area contributed by atoms with Gasteiger partial charge < -0.3 is 10.0 Å². The van der Waals surface area contributed by atoms with Crippen LogP contribution in [0.5, 0.6) is 0 Å². The second-order valence-corrected chi connectivity index (χ2v) is 5.19. The summed E-state index contributed by atoms with van der Waals surface area (Å²) in [4.78, 5) is 24.0. The quantitative estimate of drug-likeness (QED) is 0.662. The Balaban J connectivity index is 3.13. The lowest BCUT2D eigenvalue weighted by atomic mass is 10.1. The van der Waals surface area contributed by atoms with Gasteiger partial charge in [0.1, 0.15) is 0 Å². The van der Waals surface area contributed by atoms with E-state index in [2.05, 4.69) is 15.9 Å². The highest BCUT2D eigenvalue weighted by Crippen LogP contribution is 2.22. The van der Waals surface area contributed by atoms with E-state index in [1.807, 2.05) is 13.8 Å². The van der Waals surface area contributed by atoms with Crippen molar-refractivity contribution in [2.45, 2.75) is 19.9 Å². The fraction of sp³-hybridized carbons (Fsp3) is 0.417. The first-order valence-corrected chi connectivity index (χ1v) is 6.53. The standard InChI is InChI=1S/C12H15BrN2O4/c1-8(2)14(3-4-16)12(17)9-5-10(13)7-11(6-9)15(18)19/h5-8,16H,3-4H2,1-2H3. The number of amides is 1. The van der Waals surface area contributed by atoms with E-state index in [1.54, 1.807) is 0 Å². The summed E-state index contributed by atoms with van der Waals surface area (Å²) in [6, 6.07) is 4.00. The Kier molecular flexibility index (Phi) is 5.44. The summed E-state index contributed by atoms with van der Waals surface area (Å²) >= 11 is 3.15. The van der Waals surface area contributed by atoms with Gasteiger partial charge in [-0.1, -0.05) is 15.9 Å². The zero-order chi connectivity index (χ0) is 14.6. The van der Waals surface area contributed by atoms with Crippen molar-refractivity contribution in [3.8, 4) is 0 Å². The molecule has 0 saturated carbocycles. The van der Waals surface area contributed by atoms with Crippen LogP contribution in [0.1, 0.15) is 24.2 Å². The summed E-state index contributed by atoms with van der Waals surface area (Å²) in [5.41, 5.74) is 0.0775. The maximum absolute atomic E-state index is 12.3. The van der Waals surface area contributed by atoms with Gasteiger partial charge in [0.2, 0.25) is 0 Å². The highest BCUT2D eigenvalue weighted by molar-refractivity contribution is 9.10. The number of nitrogens with zero attached hydrogens (tertiary/aromatic N) is 2. The predicted octanol–water partition coefficient (Wildman–Crippen LogP) is 2.20. The molecule has 0 bridgehead atoms. The number of hydrogen-bond acceptors (Lipinski definition) is 4. The Morgan fingerprint density at radius 1 is 1.47 bits per heavy atom. The van der Waals surface area contributed by atoms with Crippen LogP contribution in [0, 0.1) is 10.1 Å². The van der Waals surface area contributed by atoms with Gasteiger partial charge in [-0.2, -0.15) is 0 Å². The van der Waals surface area contributed by atoms with Gasteiger partial charge in [0, 0.05) is 34.8 Å². The molecule has 104 valence electrons. The minimum atomic E-state index is -0.548. The van der Waals surface area contributed by atoms with Crippen molar-refractivity contribution >= 4 is 27.5 Å². The number of rotatable bonds is 5. The van der Waals surface area contributed by atoms with Gasteiger partial charge in [-0.15, -0.1) is 0 Å². The van der Waals surface area contributed by atoms with Crippen molar-refractivity contribution in [2.24, 2.45) is 0 Å². The fourth-order valence-corrected chi connectivity index (χ4v) is 2.15. The number of nitro groups is 1. The molecule has 1 aromatic carbocycles. The molecule has 0 fully saturated rings. The van der Waals surface area contributed by atoms with Crippen LogP contribution >= 0.6 is 15.9 Å². The Morgan fingerprint density at radius 2 is 2.11 bits per heavy atom. The molecule has 0 spiro atoms. The zero-order valence-corrected chi connectivity index (χ0v) is 12.3. The number of aliphatic hydroxyl groups is 1. The third-order valence-corrected chi connectivity index (χ3v) is 3.02. The minimum absolute atomic E-state index is 0.0994. The number of aliphatic hydroxyl groups excluding tert-OH is 1. The van der Waals surface area contributed by atoms with Crippen molar-refractivity contribution in [3.63, 3.8) is 0 Å². The number of carbonyl (C=O) groups excluding carboxylic acids is 1. The third kappa shape index (κ3) is 4.00. The molecule has 0 saturated heterocycles. The van der Waals surface area contributed by atoms with Crippen LogP contribution in [0.3, 0.4) is 0 Å². The minimum Gasteiger partial charge on any atom is -0.395 e. The van der Waals surface area contributed by atoms with E-state index < -0.39 is 4.92 Å². The number of nitro benzene ring substituents is 1. The lowest BCUT2D eigenvalue weighted by molar-refractivity contribution is -0.385. The molecule has 1 amide bonds. The first-order valence-electron chi connectivity index (χ1n) is 5.73. The Bertz CT molecular complexity index is 491. The van der Waals surface area contributed by atoms with Gasteiger partial charge in [0.15, 0.2) is 0 Å². The van der Waals surface area contributed by atoms with Crippen molar-refractivity contribution in [1.29, 1.82) is 0 Å². The third-order valence-electron chi connectivity index (χ3n) is 2.57. The molecule has 0 heterocycles. The molecule has 1 rings (SSSR count). The molecule has 0 atom stereocenters. The Hall–Kier alpha value is -1.47. The average Bonchev–Trinajstić information content (AvgIpc) is 2.33. The highest BCUT2D eigenvalue weighted by Gasteiger charge is 2.21. The van der Waals surface area contributed by atoms with Gasteiger partial charge in [0.25, 0.3) is 11.6 Å². The summed E-state index contributed by atoms with van der Waals surface area (Å²) in [6.45, 7) is 3.68. The van der Waals surface area contributed by atoms with E-state index in [9.17, 15) is 14.9 Å².